The summed E-state index contributed by atoms with van der Waals surface area (Å²) in [6.45, 7) is 1.88. The topological polar surface area (TPSA) is 55.1 Å². The van der Waals surface area contributed by atoms with Gasteiger partial charge in [-0.05, 0) is 30.7 Å². The minimum atomic E-state index is -0.183. The Bertz CT molecular complexity index is 535. The monoisotopic (exact) mass is 226 g/mol. The van der Waals surface area contributed by atoms with Crippen LogP contribution in [0.5, 0.6) is 0 Å². The molecule has 3 nitrogen and oxygen atoms in total. The number of hydrogen-bond acceptors (Lipinski definition) is 2. The highest BCUT2D eigenvalue weighted by Crippen LogP contribution is 2.18. The number of nitrogens with two attached hydrogens (primary N) is 1. The fourth-order valence-electron chi connectivity index (χ4n) is 1.60. The van der Waals surface area contributed by atoms with E-state index in [1.807, 2.05) is 49.4 Å². The van der Waals surface area contributed by atoms with E-state index < -0.39 is 0 Å². The van der Waals surface area contributed by atoms with Gasteiger partial charge in [0.05, 0.1) is 5.56 Å². The zero-order valence-electron chi connectivity index (χ0n) is 9.60. The minimum absolute atomic E-state index is 0.183. The van der Waals surface area contributed by atoms with Crippen molar-refractivity contribution in [2.45, 2.75) is 6.92 Å². The number of carbonyl (C=O) groups is 1. The molecule has 0 aliphatic rings. The zero-order chi connectivity index (χ0) is 12.3. The van der Waals surface area contributed by atoms with E-state index >= 15 is 0 Å². The van der Waals surface area contributed by atoms with Gasteiger partial charge in [0.2, 0.25) is 0 Å². The molecular weight excluding hydrogens is 212 g/mol. The summed E-state index contributed by atoms with van der Waals surface area (Å²) in [5, 5.41) is 2.81. The maximum atomic E-state index is 12.0. The molecule has 2 aromatic carbocycles. The van der Waals surface area contributed by atoms with Gasteiger partial charge < -0.3 is 11.1 Å². The maximum absolute atomic E-state index is 12.0. The van der Waals surface area contributed by atoms with E-state index in [9.17, 15) is 4.79 Å². The molecule has 3 heteroatoms. The Kier molecular flexibility index (Phi) is 3.10. The first-order valence-corrected chi connectivity index (χ1v) is 5.40. The number of rotatable bonds is 2. The average Bonchev–Trinajstić information content (AvgIpc) is 2.34. The molecule has 0 heterocycles. The molecule has 0 aliphatic carbocycles. The van der Waals surface area contributed by atoms with Crippen LogP contribution in [0, 0.1) is 6.92 Å². The zero-order valence-corrected chi connectivity index (χ0v) is 9.60. The Labute approximate surface area is 100 Å². The smallest absolute Gasteiger partial charge is 0.257 e. The number of nitrogens with one attached hydrogen (secondary N) is 1. The number of para-hydroxylation sites is 2. The predicted octanol–water partition coefficient (Wildman–Crippen LogP) is 2.83. The van der Waals surface area contributed by atoms with Crippen molar-refractivity contribution in [1.29, 1.82) is 0 Å². The van der Waals surface area contributed by atoms with Crippen LogP contribution >= 0.6 is 0 Å². The van der Waals surface area contributed by atoms with E-state index in [2.05, 4.69) is 5.32 Å². The normalized spacial score (nSPS) is 9.94. The van der Waals surface area contributed by atoms with Crippen LogP contribution < -0.4 is 11.1 Å². The fraction of sp³-hybridized carbons (Fsp3) is 0.0714. The molecule has 3 N–H and O–H groups in total. The van der Waals surface area contributed by atoms with E-state index in [0.717, 1.165) is 11.3 Å². The van der Waals surface area contributed by atoms with Gasteiger partial charge in [-0.25, -0.2) is 0 Å². The van der Waals surface area contributed by atoms with Gasteiger partial charge in [-0.3, -0.25) is 4.79 Å². The van der Waals surface area contributed by atoms with Crippen molar-refractivity contribution in [3.05, 3.63) is 59.7 Å². The highest BCUT2D eigenvalue weighted by atomic mass is 16.1. The summed E-state index contributed by atoms with van der Waals surface area (Å²) >= 11 is 0. The Balaban J connectivity index is 2.24. The highest BCUT2D eigenvalue weighted by molar-refractivity contribution is 6.08. The van der Waals surface area contributed by atoms with Crippen molar-refractivity contribution >= 4 is 17.3 Å². The highest BCUT2D eigenvalue weighted by Gasteiger charge is 2.10. The summed E-state index contributed by atoms with van der Waals surface area (Å²) in [5.74, 6) is -0.183. The number of amides is 1. The molecule has 0 unspecified atom stereocenters. The molecule has 0 aliphatic heterocycles. The van der Waals surface area contributed by atoms with Gasteiger partial charge >= 0.3 is 0 Å². The molecule has 1 amide bonds. The van der Waals surface area contributed by atoms with Gasteiger partial charge in [0.25, 0.3) is 5.91 Å². The van der Waals surface area contributed by atoms with E-state index in [0.29, 0.717) is 11.3 Å². The van der Waals surface area contributed by atoms with Crippen molar-refractivity contribution in [3.63, 3.8) is 0 Å². The maximum Gasteiger partial charge on any atom is 0.257 e. The van der Waals surface area contributed by atoms with Crippen LogP contribution in [0.1, 0.15) is 15.9 Å². The van der Waals surface area contributed by atoms with E-state index in [4.69, 9.17) is 5.73 Å². The predicted molar refractivity (Wildman–Crippen MR) is 70.0 cm³/mol. The summed E-state index contributed by atoms with van der Waals surface area (Å²) in [5.41, 5.74) is 8.58. The Morgan fingerprint density at radius 2 is 1.76 bits per heavy atom. The molecule has 0 radical (unpaired) electrons. The Morgan fingerprint density at radius 3 is 2.47 bits per heavy atom. The number of carbonyl (C=O) groups excluding carboxylic acids is 1. The molecule has 0 saturated heterocycles. The first kappa shape index (κ1) is 11.2. The Morgan fingerprint density at radius 1 is 1.06 bits per heavy atom. The van der Waals surface area contributed by atoms with Crippen LogP contribution in [-0.4, -0.2) is 5.91 Å². The van der Waals surface area contributed by atoms with Gasteiger partial charge in [-0.15, -0.1) is 0 Å². The van der Waals surface area contributed by atoms with E-state index in [1.165, 1.54) is 0 Å². The number of aryl methyl sites for hydroxylation is 1. The minimum Gasteiger partial charge on any atom is -0.398 e. The second-order valence-electron chi connectivity index (χ2n) is 3.86. The lowest BCUT2D eigenvalue weighted by Crippen LogP contribution is -2.14. The molecule has 0 spiro atoms. The van der Waals surface area contributed by atoms with Gasteiger partial charge in [-0.1, -0.05) is 30.3 Å². The largest absolute Gasteiger partial charge is 0.398 e. The Hall–Kier alpha value is -2.29. The molecule has 0 atom stereocenters. The number of hydrogen-bond donors (Lipinski definition) is 2. The summed E-state index contributed by atoms with van der Waals surface area (Å²) in [4.78, 5) is 12.0. The fourth-order valence-corrected chi connectivity index (χ4v) is 1.60. The molecule has 0 bridgehead atoms. The standard InChI is InChI=1S/C14H14N2O/c1-10-6-5-9-12(13(10)15)14(17)16-11-7-3-2-4-8-11/h2-9H,15H2,1H3,(H,16,17). The van der Waals surface area contributed by atoms with E-state index in [1.54, 1.807) is 6.07 Å². The first-order valence-electron chi connectivity index (χ1n) is 5.40. The van der Waals surface area contributed by atoms with Gasteiger partial charge in [-0.2, -0.15) is 0 Å². The third kappa shape index (κ3) is 2.45. The molecule has 17 heavy (non-hydrogen) atoms. The summed E-state index contributed by atoms with van der Waals surface area (Å²) < 4.78 is 0. The summed E-state index contributed by atoms with van der Waals surface area (Å²) in [6.07, 6.45) is 0. The van der Waals surface area contributed by atoms with Crippen molar-refractivity contribution in [2.24, 2.45) is 0 Å². The van der Waals surface area contributed by atoms with Crippen LogP contribution in [-0.2, 0) is 0 Å². The van der Waals surface area contributed by atoms with Gasteiger partial charge in [0.15, 0.2) is 0 Å². The van der Waals surface area contributed by atoms with Crippen LogP contribution in [0.3, 0.4) is 0 Å². The molecule has 86 valence electrons. The third-order valence-corrected chi connectivity index (χ3v) is 2.60. The second kappa shape index (κ2) is 4.70. The van der Waals surface area contributed by atoms with Crippen LogP contribution in [0.15, 0.2) is 48.5 Å². The van der Waals surface area contributed by atoms with Gasteiger partial charge in [0, 0.05) is 11.4 Å². The van der Waals surface area contributed by atoms with Crippen molar-refractivity contribution in [3.8, 4) is 0 Å². The number of anilines is 2. The van der Waals surface area contributed by atoms with Crippen LogP contribution in [0.4, 0.5) is 11.4 Å². The quantitative estimate of drug-likeness (QED) is 0.773. The molecule has 0 fully saturated rings. The lowest BCUT2D eigenvalue weighted by atomic mass is 10.1. The average molecular weight is 226 g/mol. The lowest BCUT2D eigenvalue weighted by Gasteiger charge is -2.09. The van der Waals surface area contributed by atoms with Crippen molar-refractivity contribution < 1.29 is 4.79 Å². The van der Waals surface area contributed by atoms with Crippen LogP contribution in [0.2, 0.25) is 0 Å². The number of benzene rings is 2. The lowest BCUT2D eigenvalue weighted by molar-refractivity contribution is 0.102. The molecule has 2 aromatic rings. The van der Waals surface area contributed by atoms with Crippen LogP contribution in [0.25, 0.3) is 0 Å². The van der Waals surface area contributed by atoms with Crippen molar-refractivity contribution in [1.82, 2.24) is 0 Å². The third-order valence-electron chi connectivity index (χ3n) is 2.60. The van der Waals surface area contributed by atoms with E-state index in [-0.39, 0.29) is 5.91 Å². The van der Waals surface area contributed by atoms with Gasteiger partial charge in [0.1, 0.15) is 0 Å². The summed E-state index contributed by atoms with van der Waals surface area (Å²) in [7, 11) is 0. The molecule has 0 aromatic heterocycles. The first-order chi connectivity index (χ1) is 8.18. The second-order valence-corrected chi connectivity index (χ2v) is 3.86. The molecule has 2 rings (SSSR count). The molecule has 0 saturated carbocycles. The van der Waals surface area contributed by atoms with Crippen molar-refractivity contribution in [2.75, 3.05) is 11.1 Å². The SMILES string of the molecule is Cc1cccc(C(=O)Nc2ccccc2)c1N. The summed E-state index contributed by atoms with van der Waals surface area (Å²) in [6, 6.07) is 14.7. The number of nitrogen functional groups attached to an aromatic ring is 1. The molecular formula is C14H14N2O.